The smallest absolute Gasteiger partial charge is 0.124 e. The number of hydrogen-bond acceptors (Lipinski definition) is 4. The molecule has 25 heavy (non-hydrogen) atoms. The molecule has 0 aromatic heterocycles. The molecule has 0 aliphatic carbocycles. The topological polar surface area (TPSA) is 36.9 Å². The summed E-state index contributed by atoms with van der Waals surface area (Å²) in [5, 5.41) is 0. The minimum absolute atomic E-state index is 0.157. The van der Waals surface area contributed by atoms with Gasteiger partial charge < -0.3 is 18.9 Å². The van der Waals surface area contributed by atoms with E-state index < -0.39 is 0 Å². The fourth-order valence-corrected chi connectivity index (χ4v) is 3.21. The molecule has 0 spiro atoms. The third-order valence-corrected chi connectivity index (χ3v) is 4.89. The normalized spacial score (nSPS) is 17.0. The maximum absolute atomic E-state index is 5.78. The highest BCUT2D eigenvalue weighted by atomic mass is 16.5. The first-order valence-corrected chi connectivity index (χ1v) is 8.56. The van der Waals surface area contributed by atoms with Crippen LogP contribution in [0.15, 0.2) is 36.4 Å². The van der Waals surface area contributed by atoms with Gasteiger partial charge in [0.2, 0.25) is 0 Å². The molecule has 1 aliphatic rings. The number of methoxy groups -OCH3 is 2. The Morgan fingerprint density at radius 1 is 0.760 bits per heavy atom. The first-order chi connectivity index (χ1) is 12.1. The second kappa shape index (κ2) is 7.46. The van der Waals surface area contributed by atoms with Crippen molar-refractivity contribution in [1.29, 1.82) is 0 Å². The fourth-order valence-electron chi connectivity index (χ4n) is 3.21. The molecule has 1 heterocycles. The highest BCUT2D eigenvalue weighted by molar-refractivity contribution is 5.47. The zero-order valence-corrected chi connectivity index (χ0v) is 15.4. The van der Waals surface area contributed by atoms with Crippen LogP contribution in [0.5, 0.6) is 11.5 Å². The molecule has 0 N–H and O–H groups in total. The fraction of sp³-hybridized carbons (Fsp3) is 0.429. The third-order valence-electron chi connectivity index (χ3n) is 4.89. The van der Waals surface area contributed by atoms with Gasteiger partial charge in [0.05, 0.1) is 40.6 Å². The van der Waals surface area contributed by atoms with Gasteiger partial charge in [0.25, 0.3) is 0 Å². The monoisotopic (exact) mass is 342 g/mol. The van der Waals surface area contributed by atoms with E-state index in [4.69, 9.17) is 18.9 Å². The summed E-state index contributed by atoms with van der Waals surface area (Å²) in [6, 6.07) is 12.7. The van der Waals surface area contributed by atoms with Crippen LogP contribution in [0.1, 0.15) is 36.1 Å². The van der Waals surface area contributed by atoms with E-state index in [0.29, 0.717) is 26.4 Å². The predicted molar refractivity (Wildman–Crippen MR) is 97.4 cm³/mol. The third kappa shape index (κ3) is 3.65. The summed E-state index contributed by atoms with van der Waals surface area (Å²) in [4.78, 5) is 0. The second-order valence-electron chi connectivity index (χ2n) is 6.78. The van der Waals surface area contributed by atoms with Crippen molar-refractivity contribution in [2.45, 2.75) is 32.5 Å². The first-order valence-electron chi connectivity index (χ1n) is 8.56. The maximum atomic E-state index is 5.78. The molecular weight excluding hydrogens is 316 g/mol. The number of fused-ring (bicyclic) bond motifs is 4. The minimum Gasteiger partial charge on any atom is -0.496 e. The summed E-state index contributed by atoms with van der Waals surface area (Å²) < 4.78 is 22.5. The molecule has 0 saturated carbocycles. The van der Waals surface area contributed by atoms with Gasteiger partial charge in [-0.1, -0.05) is 26.0 Å². The van der Waals surface area contributed by atoms with E-state index in [1.54, 1.807) is 14.2 Å². The Labute approximate surface area is 149 Å². The quantitative estimate of drug-likeness (QED) is 0.824. The summed E-state index contributed by atoms with van der Waals surface area (Å²) >= 11 is 0. The van der Waals surface area contributed by atoms with Crippen LogP contribution in [-0.2, 0) is 28.1 Å². The van der Waals surface area contributed by atoms with Crippen molar-refractivity contribution in [2.75, 3.05) is 27.4 Å². The molecule has 134 valence electrons. The number of hydrogen-bond donors (Lipinski definition) is 0. The van der Waals surface area contributed by atoms with E-state index in [1.165, 1.54) is 11.1 Å². The van der Waals surface area contributed by atoms with Crippen LogP contribution in [-0.4, -0.2) is 27.4 Å². The number of rotatable bonds is 2. The van der Waals surface area contributed by atoms with Crippen LogP contribution < -0.4 is 9.47 Å². The Morgan fingerprint density at radius 2 is 1.20 bits per heavy atom. The summed E-state index contributed by atoms with van der Waals surface area (Å²) in [5.41, 5.74) is 4.41. The van der Waals surface area contributed by atoms with Crippen molar-refractivity contribution < 1.29 is 18.9 Å². The lowest BCUT2D eigenvalue weighted by Crippen LogP contribution is -2.19. The van der Waals surface area contributed by atoms with Crippen molar-refractivity contribution in [3.8, 4) is 11.5 Å². The van der Waals surface area contributed by atoms with E-state index in [0.717, 1.165) is 22.6 Å². The van der Waals surface area contributed by atoms with Crippen molar-refractivity contribution in [3.63, 3.8) is 0 Å². The SMILES string of the molecule is COc1ccc2cc1COCCOCc1cc(ccc1OC)C2(C)C. The highest BCUT2D eigenvalue weighted by Crippen LogP contribution is 2.36. The summed E-state index contributed by atoms with van der Waals surface area (Å²) in [6.07, 6.45) is 0. The van der Waals surface area contributed by atoms with Crippen molar-refractivity contribution >= 4 is 0 Å². The molecule has 0 amide bonds. The molecule has 0 fully saturated rings. The zero-order valence-electron chi connectivity index (χ0n) is 15.4. The van der Waals surface area contributed by atoms with Gasteiger partial charge in [0, 0.05) is 16.5 Å². The molecule has 4 nitrogen and oxygen atoms in total. The van der Waals surface area contributed by atoms with Gasteiger partial charge >= 0.3 is 0 Å². The van der Waals surface area contributed by atoms with Crippen LogP contribution >= 0.6 is 0 Å². The van der Waals surface area contributed by atoms with Crippen LogP contribution in [0.3, 0.4) is 0 Å². The average molecular weight is 342 g/mol. The average Bonchev–Trinajstić information content (AvgIpc) is 2.63. The molecule has 0 saturated heterocycles. The Morgan fingerprint density at radius 3 is 1.60 bits per heavy atom. The van der Waals surface area contributed by atoms with Gasteiger partial charge in [-0.25, -0.2) is 0 Å². The number of benzene rings is 2. The molecule has 4 heteroatoms. The lowest BCUT2D eigenvalue weighted by Gasteiger charge is -2.28. The molecule has 0 atom stereocenters. The lowest BCUT2D eigenvalue weighted by atomic mass is 9.77. The zero-order chi connectivity index (χ0) is 17.9. The summed E-state index contributed by atoms with van der Waals surface area (Å²) in [5.74, 6) is 1.71. The van der Waals surface area contributed by atoms with E-state index in [-0.39, 0.29) is 5.41 Å². The predicted octanol–water partition coefficient (Wildman–Crippen LogP) is 4.08. The van der Waals surface area contributed by atoms with Crippen molar-refractivity contribution in [2.24, 2.45) is 0 Å². The Bertz CT molecular complexity index is 675. The molecule has 2 aromatic carbocycles. The van der Waals surface area contributed by atoms with E-state index in [1.807, 2.05) is 12.1 Å². The van der Waals surface area contributed by atoms with Gasteiger partial charge in [0.1, 0.15) is 11.5 Å². The molecule has 4 bridgehead atoms. The molecule has 0 radical (unpaired) electrons. The van der Waals surface area contributed by atoms with Crippen molar-refractivity contribution in [3.05, 3.63) is 58.7 Å². The lowest BCUT2D eigenvalue weighted by molar-refractivity contribution is 0.0328. The van der Waals surface area contributed by atoms with E-state index in [9.17, 15) is 0 Å². The second-order valence-corrected chi connectivity index (χ2v) is 6.78. The molecule has 1 aliphatic heterocycles. The van der Waals surface area contributed by atoms with Crippen molar-refractivity contribution in [1.82, 2.24) is 0 Å². The van der Waals surface area contributed by atoms with Gasteiger partial charge in [-0.3, -0.25) is 0 Å². The van der Waals surface area contributed by atoms with Crippen LogP contribution in [0, 0.1) is 0 Å². The largest absolute Gasteiger partial charge is 0.496 e. The minimum atomic E-state index is -0.157. The van der Waals surface area contributed by atoms with Gasteiger partial charge in [0.15, 0.2) is 0 Å². The summed E-state index contributed by atoms with van der Waals surface area (Å²) in [6.45, 7) is 6.56. The molecule has 3 rings (SSSR count). The van der Waals surface area contributed by atoms with Gasteiger partial charge in [-0.05, 0) is 35.4 Å². The van der Waals surface area contributed by atoms with Gasteiger partial charge in [-0.2, -0.15) is 0 Å². The van der Waals surface area contributed by atoms with Crippen LogP contribution in [0.25, 0.3) is 0 Å². The molecule has 2 aromatic rings. The Balaban J connectivity index is 2.10. The molecule has 0 unspecified atom stereocenters. The maximum Gasteiger partial charge on any atom is 0.124 e. The van der Waals surface area contributed by atoms with E-state index >= 15 is 0 Å². The Hall–Kier alpha value is -2.04. The van der Waals surface area contributed by atoms with E-state index in [2.05, 4.69) is 38.1 Å². The van der Waals surface area contributed by atoms with Crippen LogP contribution in [0.2, 0.25) is 0 Å². The van der Waals surface area contributed by atoms with Crippen LogP contribution in [0.4, 0.5) is 0 Å². The summed E-state index contributed by atoms with van der Waals surface area (Å²) in [7, 11) is 3.38. The Kier molecular flexibility index (Phi) is 5.30. The standard InChI is InChI=1S/C21H26O4/c1-21(2)17-5-7-19(22-3)15(11-17)13-24-9-10-25-14-16-12-18(21)6-8-20(16)23-4/h5-8,11-12H,9-10,13-14H2,1-4H3. The molecular formula is C21H26O4. The van der Waals surface area contributed by atoms with Gasteiger partial charge in [-0.15, -0.1) is 0 Å². The first kappa shape index (κ1) is 17.8. The number of ether oxygens (including phenoxy) is 4. The highest BCUT2D eigenvalue weighted by Gasteiger charge is 2.25.